The van der Waals surface area contributed by atoms with Crippen LogP contribution in [-0.4, -0.2) is 44.3 Å². The van der Waals surface area contributed by atoms with Crippen molar-refractivity contribution in [1.29, 1.82) is 0 Å². The molecule has 2 rings (SSSR count). The average molecular weight is 313 g/mol. The number of nitrogens with zero attached hydrogens (tertiary/aromatic N) is 1. The van der Waals surface area contributed by atoms with Crippen LogP contribution in [0.4, 0.5) is 0 Å². The van der Waals surface area contributed by atoms with E-state index in [9.17, 15) is 13.5 Å². The van der Waals surface area contributed by atoms with E-state index in [2.05, 4.69) is 0 Å². The molecular weight excluding hydrogens is 290 g/mol. The van der Waals surface area contributed by atoms with Gasteiger partial charge in [-0.3, -0.25) is 0 Å². The van der Waals surface area contributed by atoms with E-state index < -0.39 is 16.1 Å². The van der Waals surface area contributed by atoms with E-state index in [1.807, 2.05) is 24.3 Å². The Morgan fingerprint density at radius 1 is 1.38 bits per heavy atom. The van der Waals surface area contributed by atoms with Gasteiger partial charge in [0.2, 0.25) is 10.0 Å². The van der Waals surface area contributed by atoms with Crippen molar-refractivity contribution in [2.75, 3.05) is 26.5 Å². The molecule has 0 amide bonds. The van der Waals surface area contributed by atoms with Gasteiger partial charge in [-0.2, -0.15) is 0 Å². The van der Waals surface area contributed by atoms with Crippen molar-refractivity contribution in [3.05, 3.63) is 29.8 Å². The molecule has 1 heterocycles. The smallest absolute Gasteiger partial charge is 0.211 e. The van der Waals surface area contributed by atoms with Crippen LogP contribution in [-0.2, 0) is 10.0 Å². The summed E-state index contributed by atoms with van der Waals surface area (Å²) in [4.78, 5) is 0. The third kappa shape index (κ3) is 4.43. The molecule has 2 unspecified atom stereocenters. The van der Waals surface area contributed by atoms with Gasteiger partial charge in [-0.05, 0) is 42.9 Å². The number of ether oxygens (including phenoxy) is 1. The lowest BCUT2D eigenvalue weighted by atomic mass is 9.91. The van der Waals surface area contributed by atoms with Crippen LogP contribution < -0.4 is 4.74 Å². The second-order valence-corrected chi connectivity index (χ2v) is 7.64. The highest BCUT2D eigenvalue weighted by atomic mass is 32.2. The Morgan fingerprint density at radius 2 is 2.05 bits per heavy atom. The molecule has 118 valence electrons. The molecule has 1 N–H and O–H groups in total. The summed E-state index contributed by atoms with van der Waals surface area (Å²) in [6.07, 6.45) is 3.07. The second kappa shape index (κ2) is 6.77. The van der Waals surface area contributed by atoms with Gasteiger partial charge in [-0.25, -0.2) is 12.7 Å². The lowest BCUT2D eigenvalue weighted by Crippen LogP contribution is -2.39. The Morgan fingerprint density at radius 3 is 2.62 bits per heavy atom. The number of hydrogen-bond donors (Lipinski definition) is 1. The summed E-state index contributed by atoms with van der Waals surface area (Å²) >= 11 is 0. The predicted molar refractivity (Wildman–Crippen MR) is 81.7 cm³/mol. The van der Waals surface area contributed by atoms with Crippen molar-refractivity contribution < 1.29 is 18.3 Å². The minimum atomic E-state index is -3.13. The molecule has 5 nitrogen and oxygen atoms in total. The van der Waals surface area contributed by atoms with Crippen LogP contribution in [0.2, 0.25) is 0 Å². The van der Waals surface area contributed by atoms with Gasteiger partial charge in [0.15, 0.2) is 0 Å². The van der Waals surface area contributed by atoms with Gasteiger partial charge in [0.25, 0.3) is 0 Å². The molecule has 0 aromatic heterocycles. The summed E-state index contributed by atoms with van der Waals surface area (Å²) in [7, 11) is -1.53. The van der Waals surface area contributed by atoms with E-state index in [0.29, 0.717) is 19.5 Å². The summed E-state index contributed by atoms with van der Waals surface area (Å²) in [6, 6.07) is 7.34. The Balaban J connectivity index is 1.96. The largest absolute Gasteiger partial charge is 0.497 e. The minimum absolute atomic E-state index is 0.200. The maximum Gasteiger partial charge on any atom is 0.211 e. The van der Waals surface area contributed by atoms with Gasteiger partial charge >= 0.3 is 0 Å². The predicted octanol–water partition coefficient (Wildman–Crippen LogP) is 1.79. The summed E-state index contributed by atoms with van der Waals surface area (Å²) in [5.74, 6) is 0.956. The molecule has 1 aromatic rings. The summed E-state index contributed by atoms with van der Waals surface area (Å²) in [5.41, 5.74) is 0.840. The van der Waals surface area contributed by atoms with Gasteiger partial charge < -0.3 is 9.84 Å². The molecule has 1 aromatic carbocycles. The van der Waals surface area contributed by atoms with Crippen LogP contribution in [0.25, 0.3) is 0 Å². The maximum absolute atomic E-state index is 11.6. The molecule has 2 atom stereocenters. The van der Waals surface area contributed by atoms with E-state index in [4.69, 9.17) is 4.74 Å². The Kier molecular flexibility index (Phi) is 5.24. The lowest BCUT2D eigenvalue weighted by Gasteiger charge is -2.32. The van der Waals surface area contributed by atoms with E-state index in [0.717, 1.165) is 24.2 Å². The van der Waals surface area contributed by atoms with Crippen molar-refractivity contribution in [1.82, 2.24) is 4.31 Å². The molecule has 1 aliphatic rings. The number of rotatable bonds is 5. The summed E-state index contributed by atoms with van der Waals surface area (Å²) < 4.78 is 29.8. The van der Waals surface area contributed by atoms with Crippen molar-refractivity contribution in [2.45, 2.75) is 25.4 Å². The third-order valence-corrected chi connectivity index (χ3v) is 5.28. The first-order valence-electron chi connectivity index (χ1n) is 7.17. The van der Waals surface area contributed by atoms with Crippen molar-refractivity contribution in [3.8, 4) is 5.75 Å². The molecule has 0 radical (unpaired) electrons. The number of hydrogen-bond acceptors (Lipinski definition) is 4. The van der Waals surface area contributed by atoms with Crippen LogP contribution in [0.1, 0.15) is 30.9 Å². The molecular formula is C15H23NO4S. The van der Waals surface area contributed by atoms with E-state index in [1.165, 1.54) is 10.6 Å². The van der Waals surface area contributed by atoms with Gasteiger partial charge in [0.05, 0.1) is 19.5 Å². The minimum Gasteiger partial charge on any atom is -0.497 e. The lowest BCUT2D eigenvalue weighted by molar-refractivity contribution is 0.123. The Bertz CT molecular complexity index is 556. The zero-order chi connectivity index (χ0) is 15.5. The number of benzene rings is 1. The number of aliphatic hydroxyl groups excluding tert-OH is 1. The van der Waals surface area contributed by atoms with E-state index in [-0.39, 0.29) is 5.92 Å². The fourth-order valence-electron chi connectivity index (χ4n) is 2.80. The van der Waals surface area contributed by atoms with E-state index >= 15 is 0 Å². The van der Waals surface area contributed by atoms with Gasteiger partial charge in [-0.1, -0.05) is 12.1 Å². The molecule has 21 heavy (non-hydrogen) atoms. The van der Waals surface area contributed by atoms with Crippen LogP contribution in [0, 0.1) is 5.92 Å². The summed E-state index contributed by atoms with van der Waals surface area (Å²) in [6.45, 7) is 1.10. The highest BCUT2D eigenvalue weighted by Gasteiger charge is 2.27. The first-order chi connectivity index (χ1) is 9.90. The van der Waals surface area contributed by atoms with Crippen LogP contribution in [0.15, 0.2) is 24.3 Å². The quantitative estimate of drug-likeness (QED) is 0.900. The van der Waals surface area contributed by atoms with Crippen molar-refractivity contribution >= 4 is 10.0 Å². The first-order valence-corrected chi connectivity index (χ1v) is 9.02. The SMILES string of the molecule is COc1ccc(C(O)CC2CCCN(S(C)(=O)=O)C2)cc1. The fraction of sp³-hybridized carbons (Fsp3) is 0.600. The highest BCUT2D eigenvalue weighted by molar-refractivity contribution is 7.88. The summed E-state index contributed by atoms with van der Waals surface area (Å²) in [5, 5.41) is 10.3. The van der Waals surface area contributed by atoms with Gasteiger partial charge in [0.1, 0.15) is 5.75 Å². The van der Waals surface area contributed by atoms with Crippen LogP contribution >= 0.6 is 0 Å². The van der Waals surface area contributed by atoms with Crippen molar-refractivity contribution in [3.63, 3.8) is 0 Å². The topological polar surface area (TPSA) is 66.8 Å². The standard InChI is InChI=1S/C15H23NO4S/c1-20-14-7-5-13(6-8-14)15(17)10-12-4-3-9-16(11-12)21(2,18)19/h5-8,12,15,17H,3-4,9-11H2,1-2H3. The van der Waals surface area contributed by atoms with Gasteiger partial charge in [0, 0.05) is 13.1 Å². The Labute approximate surface area is 126 Å². The number of aliphatic hydroxyl groups is 1. The maximum atomic E-state index is 11.6. The van der Waals surface area contributed by atoms with Gasteiger partial charge in [-0.15, -0.1) is 0 Å². The molecule has 1 aliphatic heterocycles. The van der Waals surface area contributed by atoms with Crippen LogP contribution in [0.5, 0.6) is 5.75 Å². The van der Waals surface area contributed by atoms with Crippen LogP contribution in [0.3, 0.4) is 0 Å². The molecule has 0 spiro atoms. The molecule has 0 saturated carbocycles. The molecule has 1 fully saturated rings. The molecule has 0 bridgehead atoms. The number of piperidine rings is 1. The third-order valence-electron chi connectivity index (χ3n) is 4.01. The second-order valence-electron chi connectivity index (χ2n) is 5.65. The zero-order valence-electron chi connectivity index (χ0n) is 12.5. The average Bonchev–Trinajstić information content (AvgIpc) is 2.47. The number of sulfonamides is 1. The van der Waals surface area contributed by atoms with Crippen molar-refractivity contribution in [2.24, 2.45) is 5.92 Å². The normalized spacial score (nSPS) is 22.0. The highest BCUT2D eigenvalue weighted by Crippen LogP contribution is 2.29. The number of methoxy groups -OCH3 is 1. The van der Waals surface area contributed by atoms with E-state index in [1.54, 1.807) is 7.11 Å². The fourth-order valence-corrected chi connectivity index (χ4v) is 3.74. The molecule has 6 heteroatoms. The molecule has 1 saturated heterocycles. The first kappa shape index (κ1) is 16.3. The Hall–Kier alpha value is -1.11. The monoisotopic (exact) mass is 313 g/mol. The zero-order valence-corrected chi connectivity index (χ0v) is 13.3. The molecule has 0 aliphatic carbocycles.